The Morgan fingerprint density at radius 2 is 1.47 bits per heavy atom. The molecule has 0 aliphatic rings. The molecule has 0 atom stereocenters. The van der Waals surface area contributed by atoms with Crippen LogP contribution >= 0.6 is 39.1 Å². The highest BCUT2D eigenvalue weighted by Gasteiger charge is 2.03. The van der Waals surface area contributed by atoms with Gasteiger partial charge < -0.3 is 19.7 Å². The fraction of sp³-hybridized carbons (Fsp3) is 0.520. The molecule has 0 unspecified atom stereocenters. The molecule has 32 heavy (non-hydrogen) atoms. The quantitative estimate of drug-likeness (QED) is 0.226. The molecule has 4 nitrogen and oxygen atoms in total. The Kier molecular flexibility index (Phi) is 21.2. The van der Waals surface area contributed by atoms with Crippen LogP contribution in [0.25, 0.3) is 0 Å². The van der Waals surface area contributed by atoms with Crippen molar-refractivity contribution >= 4 is 50.5 Å². The van der Waals surface area contributed by atoms with E-state index in [2.05, 4.69) is 102 Å². The number of likely N-dealkylation sites (N-methyl/N-ethyl adjacent to an activating group) is 1. The second kappa shape index (κ2) is 21.8. The number of rotatable bonds is 12. The molecule has 0 aromatic heterocycles. The second-order valence-corrected chi connectivity index (χ2v) is 8.68. The Labute approximate surface area is 213 Å². The molecule has 2 aromatic rings. The molecule has 0 fully saturated rings. The number of anilines is 2. The summed E-state index contributed by atoms with van der Waals surface area (Å²) >= 11 is 13.3. The molecular weight excluding hydrogens is 511 g/mol. The van der Waals surface area contributed by atoms with E-state index in [0.29, 0.717) is 37.1 Å². The molecule has 2 rings (SSSR count). The van der Waals surface area contributed by atoms with Gasteiger partial charge in [-0.25, -0.2) is 0 Å². The highest BCUT2D eigenvalue weighted by molar-refractivity contribution is 9.09. The SMILES string of the molecule is CCN(CCOCCOCCCl)c1cccc(C)c1.CCNc1cccc(C)c1.ClCBr. The van der Waals surface area contributed by atoms with Crippen LogP contribution in [0.5, 0.6) is 0 Å². The van der Waals surface area contributed by atoms with Crippen LogP contribution in [0.1, 0.15) is 25.0 Å². The molecule has 0 spiro atoms. The maximum absolute atomic E-state index is 5.55. The molecule has 1 N–H and O–H groups in total. The molecule has 0 saturated heterocycles. The lowest BCUT2D eigenvalue weighted by molar-refractivity contribution is 0.0563. The van der Waals surface area contributed by atoms with Crippen molar-refractivity contribution in [1.82, 2.24) is 0 Å². The Hall–Kier alpha value is -0.980. The zero-order chi connectivity index (χ0) is 24.0. The maximum atomic E-state index is 5.55. The number of hydrogen-bond donors (Lipinski definition) is 1. The van der Waals surface area contributed by atoms with Crippen molar-refractivity contribution in [3.63, 3.8) is 0 Å². The highest BCUT2D eigenvalue weighted by Crippen LogP contribution is 2.15. The van der Waals surface area contributed by atoms with E-state index in [1.807, 2.05) is 0 Å². The Bertz CT molecular complexity index is 692. The van der Waals surface area contributed by atoms with Crippen molar-refractivity contribution in [3.05, 3.63) is 59.7 Å². The van der Waals surface area contributed by atoms with Gasteiger partial charge in [0.05, 0.1) is 31.2 Å². The fourth-order valence-corrected chi connectivity index (χ4v) is 2.91. The maximum Gasteiger partial charge on any atom is 0.0778 e. The number of nitrogens with zero attached hydrogens (tertiary/aromatic N) is 1. The molecule has 0 bridgehead atoms. The summed E-state index contributed by atoms with van der Waals surface area (Å²) in [6.45, 7) is 13.9. The van der Waals surface area contributed by atoms with Crippen molar-refractivity contribution in [3.8, 4) is 0 Å². The van der Waals surface area contributed by atoms with Crippen LogP contribution in [0.4, 0.5) is 11.4 Å². The average molecular weight is 550 g/mol. The Balaban J connectivity index is 0.000000615. The first-order chi connectivity index (χ1) is 15.5. The van der Waals surface area contributed by atoms with Crippen LogP contribution in [0.2, 0.25) is 0 Å². The minimum atomic E-state index is 0.535. The van der Waals surface area contributed by atoms with E-state index >= 15 is 0 Å². The summed E-state index contributed by atoms with van der Waals surface area (Å²) < 4.78 is 10.8. The van der Waals surface area contributed by atoms with Gasteiger partial charge in [0.25, 0.3) is 0 Å². The molecule has 0 heterocycles. The first kappa shape index (κ1) is 31.0. The van der Waals surface area contributed by atoms with Gasteiger partial charge in [-0.05, 0) is 63.1 Å². The molecule has 2 aromatic carbocycles. The van der Waals surface area contributed by atoms with Gasteiger partial charge in [-0.2, -0.15) is 0 Å². The third-order valence-corrected chi connectivity index (χ3v) is 4.40. The van der Waals surface area contributed by atoms with Gasteiger partial charge in [-0.1, -0.05) is 40.2 Å². The van der Waals surface area contributed by atoms with E-state index in [-0.39, 0.29) is 0 Å². The fourth-order valence-electron chi connectivity index (χ4n) is 2.80. The minimum Gasteiger partial charge on any atom is -0.385 e. The predicted octanol–water partition coefficient (Wildman–Crippen LogP) is 7.10. The molecule has 182 valence electrons. The topological polar surface area (TPSA) is 33.7 Å². The van der Waals surface area contributed by atoms with Crippen LogP contribution in [0.15, 0.2) is 48.5 Å². The van der Waals surface area contributed by atoms with Gasteiger partial charge in [0.1, 0.15) is 0 Å². The molecule has 0 aliphatic heterocycles. The Morgan fingerprint density at radius 1 is 0.875 bits per heavy atom. The number of benzene rings is 2. The van der Waals surface area contributed by atoms with Gasteiger partial charge in [0.2, 0.25) is 0 Å². The third-order valence-electron chi connectivity index (χ3n) is 4.25. The summed E-state index contributed by atoms with van der Waals surface area (Å²) in [6, 6.07) is 16.9. The van der Waals surface area contributed by atoms with Crippen molar-refractivity contribution in [2.45, 2.75) is 27.7 Å². The minimum absolute atomic E-state index is 0.535. The van der Waals surface area contributed by atoms with E-state index in [9.17, 15) is 0 Å². The van der Waals surface area contributed by atoms with Crippen LogP contribution in [-0.2, 0) is 9.47 Å². The standard InChI is InChI=1S/C15H24ClNO2.C9H13N.CH2BrCl/c1-3-17(15-6-4-5-14(2)13-15)8-10-19-12-11-18-9-7-16;1-3-10-9-6-4-5-8(2)7-9;2-1-3/h4-6,13H,3,7-12H2,1-2H3;4-7,10H,3H2,1-2H3;1H2. The van der Waals surface area contributed by atoms with Crippen molar-refractivity contribution in [2.24, 2.45) is 0 Å². The molecule has 0 saturated carbocycles. The van der Waals surface area contributed by atoms with Crippen molar-refractivity contribution in [2.75, 3.05) is 66.9 Å². The van der Waals surface area contributed by atoms with Crippen LogP contribution in [-0.4, -0.2) is 56.7 Å². The van der Waals surface area contributed by atoms with E-state index in [4.69, 9.17) is 32.7 Å². The molecule has 0 radical (unpaired) electrons. The van der Waals surface area contributed by atoms with E-state index in [1.54, 1.807) is 0 Å². The number of ether oxygens (including phenoxy) is 2. The monoisotopic (exact) mass is 548 g/mol. The molecule has 0 amide bonds. The third kappa shape index (κ3) is 16.6. The van der Waals surface area contributed by atoms with E-state index in [0.717, 1.165) is 19.6 Å². The van der Waals surface area contributed by atoms with Crippen molar-refractivity contribution < 1.29 is 9.47 Å². The lowest BCUT2D eigenvalue weighted by atomic mass is 10.2. The number of hydrogen-bond acceptors (Lipinski definition) is 4. The average Bonchev–Trinajstić information content (AvgIpc) is 2.77. The lowest BCUT2D eigenvalue weighted by Crippen LogP contribution is -2.27. The van der Waals surface area contributed by atoms with Crippen LogP contribution < -0.4 is 10.2 Å². The number of nitrogens with one attached hydrogen (secondary N) is 1. The Morgan fingerprint density at radius 3 is 2.00 bits per heavy atom. The van der Waals surface area contributed by atoms with Crippen molar-refractivity contribution in [1.29, 1.82) is 0 Å². The molecular formula is C25H39BrCl2N2O2. The largest absolute Gasteiger partial charge is 0.385 e. The number of halogens is 3. The summed E-state index contributed by atoms with van der Waals surface area (Å²) in [5.41, 5.74) is 5.05. The highest BCUT2D eigenvalue weighted by atomic mass is 79.9. The van der Waals surface area contributed by atoms with Gasteiger partial charge in [-0.3, -0.25) is 0 Å². The summed E-state index contributed by atoms with van der Waals surface area (Å²) in [5, 5.41) is 3.25. The van der Waals surface area contributed by atoms with Gasteiger partial charge >= 0.3 is 0 Å². The normalized spacial score (nSPS) is 9.84. The van der Waals surface area contributed by atoms with E-state index in [1.165, 1.54) is 22.5 Å². The first-order valence-corrected chi connectivity index (χ1v) is 13.2. The van der Waals surface area contributed by atoms with E-state index < -0.39 is 0 Å². The zero-order valence-corrected chi connectivity index (χ0v) is 23.0. The number of alkyl halides is 3. The van der Waals surface area contributed by atoms with Gasteiger partial charge in [-0.15, -0.1) is 23.2 Å². The lowest BCUT2D eigenvalue weighted by Gasteiger charge is -2.23. The summed E-state index contributed by atoms with van der Waals surface area (Å²) in [4.78, 5) is 2.85. The summed E-state index contributed by atoms with van der Waals surface area (Å²) in [7, 11) is 0. The summed E-state index contributed by atoms with van der Waals surface area (Å²) in [5.74, 6) is 0.539. The smallest absolute Gasteiger partial charge is 0.0778 e. The second-order valence-electron chi connectivity index (χ2n) is 6.83. The zero-order valence-electron chi connectivity index (χ0n) is 19.9. The molecule has 0 aliphatic carbocycles. The van der Waals surface area contributed by atoms with Crippen LogP contribution in [0.3, 0.4) is 0 Å². The van der Waals surface area contributed by atoms with Crippen LogP contribution in [0, 0.1) is 13.8 Å². The summed E-state index contributed by atoms with van der Waals surface area (Å²) in [6.07, 6.45) is 0. The number of aryl methyl sites for hydroxylation is 2. The first-order valence-electron chi connectivity index (χ1n) is 11.0. The predicted molar refractivity (Wildman–Crippen MR) is 146 cm³/mol. The molecule has 7 heteroatoms. The van der Waals surface area contributed by atoms with Gasteiger partial charge in [0, 0.05) is 36.9 Å². The van der Waals surface area contributed by atoms with Gasteiger partial charge in [0.15, 0.2) is 0 Å².